The molecule has 142 valence electrons. The lowest BCUT2D eigenvalue weighted by atomic mass is 10.1. The Labute approximate surface area is 159 Å². The Morgan fingerprint density at radius 2 is 2.15 bits per heavy atom. The number of aromatic nitrogens is 3. The van der Waals surface area contributed by atoms with E-state index in [9.17, 15) is 4.79 Å². The summed E-state index contributed by atoms with van der Waals surface area (Å²) < 4.78 is 7.33. The zero-order chi connectivity index (χ0) is 18.9. The van der Waals surface area contributed by atoms with Gasteiger partial charge in [-0.3, -0.25) is 4.79 Å². The van der Waals surface area contributed by atoms with E-state index in [0.717, 1.165) is 29.5 Å². The van der Waals surface area contributed by atoms with Gasteiger partial charge in [0.1, 0.15) is 0 Å². The third-order valence-electron chi connectivity index (χ3n) is 3.93. The van der Waals surface area contributed by atoms with Crippen molar-refractivity contribution in [1.29, 1.82) is 0 Å². The summed E-state index contributed by atoms with van der Waals surface area (Å²) in [6.45, 7) is 10.7. The number of rotatable bonds is 10. The van der Waals surface area contributed by atoms with Crippen molar-refractivity contribution in [1.82, 2.24) is 20.1 Å². The number of carbonyl (C=O) groups excluding carboxylic acids is 1. The predicted octanol–water partition coefficient (Wildman–Crippen LogP) is 3.30. The maximum Gasteiger partial charge on any atom is 0.233 e. The van der Waals surface area contributed by atoms with Gasteiger partial charge in [0, 0.05) is 31.9 Å². The van der Waals surface area contributed by atoms with Crippen molar-refractivity contribution in [2.75, 3.05) is 19.8 Å². The van der Waals surface area contributed by atoms with Crippen molar-refractivity contribution in [3.8, 4) is 11.4 Å². The topological polar surface area (TPSA) is 69.0 Å². The van der Waals surface area contributed by atoms with Crippen molar-refractivity contribution in [3.05, 3.63) is 29.8 Å². The third kappa shape index (κ3) is 5.57. The van der Waals surface area contributed by atoms with Gasteiger partial charge in [0.2, 0.25) is 5.91 Å². The normalized spacial score (nSPS) is 12.2. The van der Waals surface area contributed by atoms with Crippen LogP contribution in [0.3, 0.4) is 0 Å². The first kappa shape index (κ1) is 20.5. The molecule has 2 rings (SSSR count). The van der Waals surface area contributed by atoms with Crippen LogP contribution in [0.2, 0.25) is 0 Å². The van der Waals surface area contributed by atoms with Crippen LogP contribution in [0, 0.1) is 6.92 Å². The molecule has 1 heterocycles. The molecular weight excluding hydrogens is 348 g/mol. The minimum Gasteiger partial charge on any atom is -0.382 e. The molecule has 1 aromatic heterocycles. The Balaban J connectivity index is 1.99. The second-order valence-corrected chi connectivity index (χ2v) is 7.33. The first-order valence-electron chi connectivity index (χ1n) is 9.09. The first-order chi connectivity index (χ1) is 12.6. The zero-order valence-corrected chi connectivity index (χ0v) is 16.8. The molecule has 6 nitrogen and oxygen atoms in total. The summed E-state index contributed by atoms with van der Waals surface area (Å²) in [7, 11) is 0. The number of benzene rings is 1. The van der Waals surface area contributed by atoms with Gasteiger partial charge in [-0.25, -0.2) is 0 Å². The lowest BCUT2D eigenvalue weighted by molar-refractivity contribution is -0.120. The van der Waals surface area contributed by atoms with Gasteiger partial charge in [-0.15, -0.1) is 10.2 Å². The van der Waals surface area contributed by atoms with Crippen LogP contribution < -0.4 is 5.32 Å². The Kier molecular flexibility index (Phi) is 8.12. The van der Waals surface area contributed by atoms with Crippen LogP contribution in [0.25, 0.3) is 11.4 Å². The zero-order valence-electron chi connectivity index (χ0n) is 16.0. The highest BCUT2D eigenvalue weighted by Gasteiger charge is 2.20. The fourth-order valence-electron chi connectivity index (χ4n) is 2.54. The van der Waals surface area contributed by atoms with E-state index in [-0.39, 0.29) is 11.2 Å². The van der Waals surface area contributed by atoms with E-state index < -0.39 is 0 Å². The van der Waals surface area contributed by atoms with E-state index in [1.165, 1.54) is 17.3 Å². The third-order valence-corrected chi connectivity index (χ3v) is 5.01. The summed E-state index contributed by atoms with van der Waals surface area (Å²) in [5.41, 5.74) is 2.22. The number of aryl methyl sites for hydroxylation is 1. The smallest absolute Gasteiger partial charge is 0.233 e. The second kappa shape index (κ2) is 10.3. The number of thioether (sulfide) groups is 1. The molecule has 1 atom stereocenters. The van der Waals surface area contributed by atoms with E-state index >= 15 is 0 Å². The predicted molar refractivity (Wildman–Crippen MR) is 105 cm³/mol. The summed E-state index contributed by atoms with van der Waals surface area (Å²) in [4.78, 5) is 12.3. The monoisotopic (exact) mass is 376 g/mol. The highest BCUT2D eigenvalue weighted by atomic mass is 32.2. The molecule has 1 aromatic carbocycles. The molecule has 0 aliphatic rings. The standard InChI is InChI=1S/C19H28N4O2S/c1-5-23-17(16-10-7-9-14(3)13-16)21-22-19(23)26-15(4)18(24)20-11-8-12-25-6-2/h7,9-10,13,15H,5-6,8,11-12H2,1-4H3,(H,20,24). The Morgan fingerprint density at radius 3 is 2.85 bits per heavy atom. The van der Waals surface area contributed by atoms with Crippen molar-refractivity contribution >= 4 is 17.7 Å². The van der Waals surface area contributed by atoms with E-state index in [1.807, 2.05) is 26.0 Å². The maximum atomic E-state index is 12.3. The van der Waals surface area contributed by atoms with Gasteiger partial charge in [-0.05, 0) is 40.2 Å². The van der Waals surface area contributed by atoms with Crippen molar-refractivity contribution in [2.24, 2.45) is 0 Å². The molecule has 0 bridgehead atoms. The van der Waals surface area contributed by atoms with E-state index in [4.69, 9.17) is 4.74 Å². The number of hydrogen-bond acceptors (Lipinski definition) is 5. The highest BCUT2D eigenvalue weighted by molar-refractivity contribution is 8.00. The fourth-order valence-corrected chi connectivity index (χ4v) is 3.48. The molecule has 1 unspecified atom stereocenters. The molecule has 7 heteroatoms. The minimum atomic E-state index is -0.234. The molecule has 0 aliphatic heterocycles. The van der Waals surface area contributed by atoms with E-state index in [0.29, 0.717) is 19.8 Å². The average molecular weight is 377 g/mol. The SMILES string of the molecule is CCOCCCNC(=O)C(C)Sc1nnc(-c2cccc(C)c2)n1CC. The molecule has 0 saturated heterocycles. The van der Waals surface area contributed by atoms with E-state index in [2.05, 4.69) is 46.1 Å². The number of carbonyl (C=O) groups is 1. The number of nitrogens with zero attached hydrogens (tertiary/aromatic N) is 3. The average Bonchev–Trinajstić information content (AvgIpc) is 3.03. The van der Waals surface area contributed by atoms with Crippen LogP contribution >= 0.6 is 11.8 Å². The summed E-state index contributed by atoms with van der Waals surface area (Å²) in [5, 5.41) is 12.1. The van der Waals surface area contributed by atoms with Gasteiger partial charge >= 0.3 is 0 Å². The molecule has 2 aromatic rings. The molecule has 0 radical (unpaired) electrons. The van der Waals surface area contributed by atoms with Gasteiger partial charge in [0.05, 0.1) is 5.25 Å². The van der Waals surface area contributed by atoms with Crippen LogP contribution in [0.5, 0.6) is 0 Å². The summed E-state index contributed by atoms with van der Waals surface area (Å²) >= 11 is 1.44. The number of nitrogens with one attached hydrogen (secondary N) is 1. The van der Waals surface area contributed by atoms with Gasteiger partial charge in [-0.1, -0.05) is 35.5 Å². The number of ether oxygens (including phenoxy) is 1. The van der Waals surface area contributed by atoms with Crippen LogP contribution in [0.4, 0.5) is 0 Å². The molecule has 1 N–H and O–H groups in total. The van der Waals surface area contributed by atoms with Crippen LogP contribution in [-0.2, 0) is 16.1 Å². The summed E-state index contributed by atoms with van der Waals surface area (Å²) in [6.07, 6.45) is 0.819. The molecule has 0 spiro atoms. The quantitative estimate of drug-likeness (QED) is 0.509. The van der Waals surface area contributed by atoms with Gasteiger partial charge in [0.25, 0.3) is 0 Å². The molecule has 1 amide bonds. The lowest BCUT2D eigenvalue weighted by Crippen LogP contribution is -2.32. The Hall–Kier alpha value is -1.86. The maximum absolute atomic E-state index is 12.3. The first-order valence-corrected chi connectivity index (χ1v) is 9.97. The van der Waals surface area contributed by atoms with Crippen LogP contribution in [-0.4, -0.2) is 45.7 Å². The van der Waals surface area contributed by atoms with Crippen molar-refractivity contribution < 1.29 is 9.53 Å². The minimum absolute atomic E-state index is 0.00857. The summed E-state index contributed by atoms with van der Waals surface area (Å²) in [6, 6.07) is 8.21. The van der Waals surface area contributed by atoms with Crippen molar-refractivity contribution in [3.63, 3.8) is 0 Å². The molecule has 26 heavy (non-hydrogen) atoms. The number of amides is 1. The fraction of sp³-hybridized carbons (Fsp3) is 0.526. The van der Waals surface area contributed by atoms with Gasteiger partial charge in [0.15, 0.2) is 11.0 Å². The molecule has 0 aliphatic carbocycles. The van der Waals surface area contributed by atoms with E-state index in [1.54, 1.807) is 0 Å². The largest absolute Gasteiger partial charge is 0.382 e. The van der Waals surface area contributed by atoms with Gasteiger partial charge < -0.3 is 14.6 Å². The van der Waals surface area contributed by atoms with Crippen molar-refractivity contribution in [2.45, 2.75) is 51.1 Å². The van der Waals surface area contributed by atoms with Gasteiger partial charge in [-0.2, -0.15) is 0 Å². The molecule has 0 saturated carbocycles. The molecular formula is C19H28N4O2S. The Morgan fingerprint density at radius 1 is 1.35 bits per heavy atom. The second-order valence-electron chi connectivity index (χ2n) is 6.02. The van der Waals surface area contributed by atoms with Crippen LogP contribution in [0.15, 0.2) is 29.4 Å². The highest BCUT2D eigenvalue weighted by Crippen LogP contribution is 2.27. The molecule has 0 fully saturated rings. The summed E-state index contributed by atoms with van der Waals surface area (Å²) in [5.74, 6) is 0.845. The lowest BCUT2D eigenvalue weighted by Gasteiger charge is -2.13. The van der Waals surface area contributed by atoms with Crippen LogP contribution in [0.1, 0.15) is 32.8 Å². The Bertz CT molecular complexity index is 717. The number of hydrogen-bond donors (Lipinski definition) is 1.